The van der Waals surface area contributed by atoms with Crippen molar-refractivity contribution in [3.05, 3.63) is 29.8 Å². The second kappa shape index (κ2) is 7.42. The summed E-state index contributed by atoms with van der Waals surface area (Å²) in [5.74, 6) is -0.420. The van der Waals surface area contributed by atoms with Gasteiger partial charge in [0, 0.05) is 13.1 Å². The van der Waals surface area contributed by atoms with E-state index in [1.165, 1.54) is 10.5 Å². The van der Waals surface area contributed by atoms with Gasteiger partial charge < -0.3 is 0 Å². The number of benzene rings is 1. The number of hydrogen-bond donors (Lipinski definition) is 1. The third-order valence-electron chi connectivity index (χ3n) is 3.63. The van der Waals surface area contributed by atoms with Crippen molar-refractivity contribution in [3.63, 3.8) is 0 Å². The fourth-order valence-electron chi connectivity index (χ4n) is 1.93. The molecular weight excluding hydrogens is 352 g/mol. The molecule has 0 fully saturated rings. The molecular formula is C15H19ClN4O3S. The Morgan fingerprint density at radius 2 is 1.96 bits per heavy atom. The van der Waals surface area contributed by atoms with Gasteiger partial charge in [-0.15, -0.1) is 11.6 Å². The van der Waals surface area contributed by atoms with Crippen LogP contribution in [0.2, 0.25) is 0 Å². The number of alkyl halides is 1. The zero-order valence-electron chi connectivity index (χ0n) is 13.6. The van der Waals surface area contributed by atoms with E-state index in [1.54, 1.807) is 31.3 Å². The van der Waals surface area contributed by atoms with E-state index in [1.807, 2.05) is 13.8 Å². The van der Waals surface area contributed by atoms with E-state index in [9.17, 15) is 13.2 Å². The van der Waals surface area contributed by atoms with E-state index < -0.39 is 21.3 Å². The largest absolute Gasteiger partial charge is 0.281 e. The Hall–Kier alpha value is -1.77. The maximum absolute atomic E-state index is 12.4. The number of nitrogens with one attached hydrogen (secondary N) is 1. The zero-order valence-corrected chi connectivity index (χ0v) is 15.2. The van der Waals surface area contributed by atoms with Crippen LogP contribution in [0.5, 0.6) is 0 Å². The molecule has 0 aromatic heterocycles. The molecule has 1 unspecified atom stereocenters. The molecule has 1 aromatic carbocycles. The molecule has 1 heterocycles. The Morgan fingerprint density at radius 3 is 2.54 bits per heavy atom. The first-order chi connectivity index (χ1) is 11.2. The molecule has 9 heteroatoms. The lowest BCUT2D eigenvalue weighted by atomic mass is 10.2. The first-order valence-electron chi connectivity index (χ1n) is 7.32. The van der Waals surface area contributed by atoms with Crippen molar-refractivity contribution in [2.45, 2.75) is 36.7 Å². The minimum absolute atomic E-state index is 0.126. The van der Waals surface area contributed by atoms with Gasteiger partial charge in [0.15, 0.2) is 5.38 Å². The monoisotopic (exact) mass is 370 g/mol. The summed E-state index contributed by atoms with van der Waals surface area (Å²) in [7, 11) is -1.95. The molecule has 1 atom stereocenters. The lowest BCUT2D eigenvalue weighted by Crippen LogP contribution is -2.39. The SMILES string of the molecule is CC(C)N(C)S(=O)(=O)c1ccc(CN=C2C=NNC(=O)C2Cl)cc1. The Morgan fingerprint density at radius 1 is 1.33 bits per heavy atom. The molecule has 1 aromatic rings. The first kappa shape index (κ1) is 18.6. The van der Waals surface area contributed by atoms with Gasteiger partial charge in [-0.25, -0.2) is 13.8 Å². The van der Waals surface area contributed by atoms with E-state index in [2.05, 4.69) is 15.5 Å². The smallest absolute Gasteiger partial charge is 0.264 e. The topological polar surface area (TPSA) is 91.2 Å². The third-order valence-corrected chi connectivity index (χ3v) is 6.10. The quantitative estimate of drug-likeness (QED) is 0.794. The number of nitrogens with zero attached hydrogens (tertiary/aromatic N) is 3. The second-order valence-electron chi connectivity index (χ2n) is 5.60. The number of sulfonamides is 1. The maximum Gasteiger partial charge on any atom is 0.264 e. The molecule has 7 nitrogen and oxygen atoms in total. The van der Waals surface area contributed by atoms with E-state index in [0.29, 0.717) is 5.71 Å². The van der Waals surface area contributed by atoms with Crippen LogP contribution in [0.15, 0.2) is 39.3 Å². The Bertz CT molecular complexity index is 772. The predicted molar refractivity (Wildman–Crippen MR) is 93.9 cm³/mol. The molecule has 0 saturated carbocycles. The van der Waals surface area contributed by atoms with Crippen molar-refractivity contribution in [1.82, 2.24) is 9.73 Å². The molecule has 0 aliphatic carbocycles. The number of carbonyl (C=O) groups is 1. The van der Waals surface area contributed by atoms with Crippen LogP contribution in [0.4, 0.5) is 0 Å². The van der Waals surface area contributed by atoms with E-state index in [4.69, 9.17) is 11.6 Å². The van der Waals surface area contributed by atoms with Gasteiger partial charge in [0.1, 0.15) is 0 Å². The number of halogens is 1. The molecule has 130 valence electrons. The number of aliphatic imine (C=N–C) groups is 1. The molecule has 24 heavy (non-hydrogen) atoms. The summed E-state index contributed by atoms with van der Waals surface area (Å²) in [5, 5.41) is 2.79. The third kappa shape index (κ3) is 4.00. The summed E-state index contributed by atoms with van der Waals surface area (Å²) in [4.78, 5) is 15.9. The normalized spacial score (nSPS) is 20.0. The summed E-state index contributed by atoms with van der Waals surface area (Å²) in [5.41, 5.74) is 3.42. The number of rotatable bonds is 5. The number of amides is 1. The van der Waals surface area contributed by atoms with E-state index in [0.717, 1.165) is 5.56 Å². The first-order valence-corrected chi connectivity index (χ1v) is 9.19. The fraction of sp³-hybridized carbons (Fsp3) is 0.400. The highest BCUT2D eigenvalue weighted by molar-refractivity contribution is 7.89. The van der Waals surface area contributed by atoms with E-state index in [-0.39, 0.29) is 17.5 Å². The van der Waals surface area contributed by atoms with Crippen LogP contribution in [0, 0.1) is 0 Å². The van der Waals surface area contributed by atoms with Gasteiger partial charge in [0.05, 0.1) is 23.4 Å². The Kier molecular flexibility index (Phi) is 5.74. The average Bonchev–Trinajstić information content (AvgIpc) is 2.55. The lowest BCUT2D eigenvalue weighted by Gasteiger charge is -2.21. The summed E-state index contributed by atoms with van der Waals surface area (Å²) in [6.45, 7) is 3.90. The van der Waals surface area contributed by atoms with E-state index >= 15 is 0 Å². The standard InChI is InChI=1S/C15H19ClN4O3S/c1-10(2)20(3)24(22,23)12-6-4-11(5-7-12)8-17-13-9-18-19-15(21)14(13)16/h4-7,9-10,14H,8H2,1-3H3,(H,19,21). The maximum atomic E-state index is 12.4. The molecule has 0 radical (unpaired) electrons. The van der Waals surface area contributed by atoms with Crippen molar-refractivity contribution in [2.75, 3.05) is 7.05 Å². The number of hydrazone groups is 1. The zero-order chi connectivity index (χ0) is 17.9. The fourth-order valence-corrected chi connectivity index (χ4v) is 3.47. The molecule has 0 bridgehead atoms. The Balaban J connectivity index is 2.15. The van der Waals surface area contributed by atoms with Gasteiger partial charge in [0.25, 0.3) is 5.91 Å². The molecule has 1 amide bonds. The molecule has 0 spiro atoms. The number of carbonyl (C=O) groups excluding carboxylic acids is 1. The molecule has 0 saturated heterocycles. The van der Waals surface area contributed by atoms with Gasteiger partial charge in [-0.05, 0) is 31.5 Å². The molecule has 2 rings (SSSR count). The van der Waals surface area contributed by atoms with Crippen molar-refractivity contribution >= 4 is 39.5 Å². The highest BCUT2D eigenvalue weighted by Crippen LogP contribution is 2.17. The van der Waals surface area contributed by atoms with Crippen LogP contribution in [-0.2, 0) is 21.4 Å². The van der Waals surface area contributed by atoms with Crippen LogP contribution in [0.1, 0.15) is 19.4 Å². The van der Waals surface area contributed by atoms with Crippen LogP contribution in [-0.4, -0.2) is 49.0 Å². The summed E-state index contributed by atoms with van der Waals surface area (Å²) < 4.78 is 26.1. The second-order valence-corrected chi connectivity index (χ2v) is 8.03. The van der Waals surface area contributed by atoms with Gasteiger partial charge in [-0.2, -0.15) is 9.41 Å². The summed E-state index contributed by atoms with van der Waals surface area (Å²) >= 11 is 5.93. The van der Waals surface area contributed by atoms with Gasteiger partial charge in [0.2, 0.25) is 10.0 Å². The molecule has 1 N–H and O–H groups in total. The molecule has 1 aliphatic heterocycles. The highest BCUT2D eigenvalue weighted by atomic mass is 35.5. The minimum atomic E-state index is -3.50. The van der Waals surface area contributed by atoms with Crippen LogP contribution in [0.25, 0.3) is 0 Å². The van der Waals surface area contributed by atoms with Crippen LogP contribution in [0.3, 0.4) is 0 Å². The Labute approximate surface area is 146 Å². The van der Waals surface area contributed by atoms with Crippen LogP contribution < -0.4 is 5.43 Å². The van der Waals surface area contributed by atoms with Crippen molar-refractivity contribution < 1.29 is 13.2 Å². The average molecular weight is 371 g/mol. The summed E-state index contributed by atoms with van der Waals surface area (Å²) in [6, 6.07) is 6.34. The summed E-state index contributed by atoms with van der Waals surface area (Å²) in [6.07, 6.45) is 1.40. The van der Waals surface area contributed by atoms with Crippen molar-refractivity contribution in [2.24, 2.45) is 10.1 Å². The predicted octanol–water partition coefficient (Wildman–Crippen LogP) is 1.38. The van der Waals surface area contributed by atoms with Gasteiger partial charge >= 0.3 is 0 Å². The van der Waals surface area contributed by atoms with Crippen molar-refractivity contribution in [3.8, 4) is 0 Å². The minimum Gasteiger partial charge on any atom is -0.281 e. The van der Waals surface area contributed by atoms with Gasteiger partial charge in [-0.3, -0.25) is 9.79 Å². The lowest BCUT2D eigenvalue weighted by molar-refractivity contribution is -0.119. The van der Waals surface area contributed by atoms with Gasteiger partial charge in [-0.1, -0.05) is 12.1 Å². The number of hydrogen-bond acceptors (Lipinski definition) is 5. The van der Waals surface area contributed by atoms with Crippen LogP contribution >= 0.6 is 11.6 Å². The molecule has 1 aliphatic rings. The van der Waals surface area contributed by atoms with Crippen molar-refractivity contribution in [1.29, 1.82) is 0 Å². The highest BCUT2D eigenvalue weighted by Gasteiger charge is 2.24.